The predicted molar refractivity (Wildman–Crippen MR) is 82.5 cm³/mol. The smallest absolute Gasteiger partial charge is 0.337 e. The van der Waals surface area contributed by atoms with Crippen LogP contribution in [0, 0.1) is 5.82 Å². The molecule has 0 aliphatic rings. The van der Waals surface area contributed by atoms with Crippen LogP contribution in [0.2, 0.25) is 0 Å². The number of hydrogen-bond acceptors (Lipinski definition) is 4. The lowest BCUT2D eigenvalue weighted by atomic mass is 10.2. The van der Waals surface area contributed by atoms with E-state index in [1.54, 1.807) is 25.4 Å². The normalized spacial score (nSPS) is 10.0. The first-order valence-corrected chi connectivity index (χ1v) is 6.81. The first-order chi connectivity index (χ1) is 11.0. The van der Waals surface area contributed by atoms with Crippen molar-refractivity contribution in [2.45, 2.75) is 6.54 Å². The third-order valence-corrected chi connectivity index (χ3v) is 3.10. The van der Waals surface area contributed by atoms with Crippen LogP contribution >= 0.6 is 0 Å². The lowest BCUT2D eigenvalue weighted by molar-refractivity contribution is 0.0600. The Hall–Kier alpha value is -2.96. The van der Waals surface area contributed by atoms with E-state index in [4.69, 9.17) is 0 Å². The Bertz CT molecular complexity index is 707. The van der Waals surface area contributed by atoms with Crippen molar-refractivity contribution < 1.29 is 18.7 Å². The van der Waals surface area contributed by atoms with Gasteiger partial charge in [0.05, 0.1) is 30.6 Å². The van der Waals surface area contributed by atoms with E-state index in [-0.39, 0.29) is 17.8 Å². The van der Waals surface area contributed by atoms with E-state index in [0.29, 0.717) is 5.69 Å². The minimum absolute atomic E-state index is 0.0919. The molecule has 0 radical (unpaired) electrons. The summed E-state index contributed by atoms with van der Waals surface area (Å²) in [6.45, 7) is 0.269. The molecule has 0 bridgehead atoms. The molecule has 6 nitrogen and oxygen atoms in total. The standard InChI is InChI=1S/C16H16FN3O3/c1-20(10-12-5-3-4-8-18-12)16(22)19-14-9-11(15(21)23-2)6-7-13(14)17/h3-9H,10H2,1-2H3,(H,19,22). The number of aromatic nitrogens is 1. The molecule has 0 fully saturated rings. The summed E-state index contributed by atoms with van der Waals surface area (Å²) in [6.07, 6.45) is 1.63. The van der Waals surface area contributed by atoms with Crippen molar-refractivity contribution in [2.24, 2.45) is 0 Å². The maximum atomic E-state index is 13.8. The monoisotopic (exact) mass is 317 g/mol. The third kappa shape index (κ3) is 4.26. The van der Waals surface area contributed by atoms with Crippen LogP contribution in [-0.2, 0) is 11.3 Å². The molecule has 0 aliphatic heterocycles. The molecule has 0 saturated heterocycles. The zero-order valence-corrected chi connectivity index (χ0v) is 12.7. The minimum atomic E-state index is -0.641. The summed E-state index contributed by atoms with van der Waals surface area (Å²) in [5.74, 6) is -1.25. The third-order valence-electron chi connectivity index (χ3n) is 3.10. The van der Waals surface area contributed by atoms with Crippen LogP contribution in [0.4, 0.5) is 14.9 Å². The van der Waals surface area contributed by atoms with E-state index < -0.39 is 17.8 Å². The van der Waals surface area contributed by atoms with Gasteiger partial charge in [-0.25, -0.2) is 14.0 Å². The highest BCUT2D eigenvalue weighted by molar-refractivity contribution is 5.94. The molecule has 2 aromatic rings. The highest BCUT2D eigenvalue weighted by Crippen LogP contribution is 2.17. The first kappa shape index (κ1) is 16.4. The number of carbonyl (C=O) groups excluding carboxylic acids is 2. The number of hydrogen-bond donors (Lipinski definition) is 1. The second kappa shape index (κ2) is 7.35. The summed E-state index contributed by atoms with van der Waals surface area (Å²) in [5, 5.41) is 2.43. The molecule has 0 aliphatic carbocycles. The molecule has 0 spiro atoms. The van der Waals surface area contributed by atoms with Gasteiger partial charge in [-0.15, -0.1) is 0 Å². The highest BCUT2D eigenvalue weighted by atomic mass is 19.1. The molecule has 1 aromatic carbocycles. The van der Waals surface area contributed by atoms with E-state index in [2.05, 4.69) is 15.0 Å². The average molecular weight is 317 g/mol. The number of methoxy groups -OCH3 is 1. The Morgan fingerprint density at radius 2 is 2.09 bits per heavy atom. The number of halogens is 1. The van der Waals surface area contributed by atoms with Crippen molar-refractivity contribution in [1.82, 2.24) is 9.88 Å². The zero-order valence-electron chi connectivity index (χ0n) is 12.7. The van der Waals surface area contributed by atoms with Crippen LogP contribution in [-0.4, -0.2) is 36.0 Å². The number of ether oxygens (including phenoxy) is 1. The molecular weight excluding hydrogens is 301 g/mol. The quantitative estimate of drug-likeness (QED) is 0.880. The van der Waals surface area contributed by atoms with Crippen LogP contribution in [0.1, 0.15) is 16.1 Å². The number of pyridine rings is 1. The van der Waals surface area contributed by atoms with Gasteiger partial charge in [-0.2, -0.15) is 0 Å². The first-order valence-electron chi connectivity index (χ1n) is 6.81. The van der Waals surface area contributed by atoms with E-state index in [0.717, 1.165) is 6.07 Å². The largest absolute Gasteiger partial charge is 0.465 e. The Balaban J connectivity index is 2.08. The highest BCUT2D eigenvalue weighted by Gasteiger charge is 2.15. The SMILES string of the molecule is COC(=O)c1ccc(F)c(NC(=O)N(C)Cc2ccccn2)c1. The van der Waals surface area contributed by atoms with Crippen LogP contribution < -0.4 is 5.32 Å². The maximum Gasteiger partial charge on any atom is 0.337 e. The molecule has 120 valence electrons. The number of nitrogens with zero attached hydrogens (tertiary/aromatic N) is 2. The number of rotatable bonds is 4. The second-order valence-electron chi connectivity index (χ2n) is 4.79. The molecule has 2 rings (SSSR count). The number of nitrogens with one attached hydrogen (secondary N) is 1. The lowest BCUT2D eigenvalue weighted by Crippen LogP contribution is -2.31. The van der Waals surface area contributed by atoms with Gasteiger partial charge >= 0.3 is 12.0 Å². The van der Waals surface area contributed by atoms with Crippen molar-refractivity contribution in [3.63, 3.8) is 0 Å². The van der Waals surface area contributed by atoms with Crippen LogP contribution in [0.5, 0.6) is 0 Å². The molecular formula is C16H16FN3O3. The number of urea groups is 1. The van der Waals surface area contributed by atoms with Gasteiger partial charge in [-0.05, 0) is 30.3 Å². The lowest BCUT2D eigenvalue weighted by Gasteiger charge is -2.18. The predicted octanol–water partition coefficient (Wildman–Crippen LogP) is 2.67. The van der Waals surface area contributed by atoms with E-state index in [1.165, 1.54) is 24.1 Å². The van der Waals surface area contributed by atoms with Crippen LogP contribution in [0.3, 0.4) is 0 Å². The van der Waals surface area contributed by atoms with Crippen LogP contribution in [0.25, 0.3) is 0 Å². The number of esters is 1. The number of benzene rings is 1. The Labute approximate surface area is 132 Å². The summed E-state index contributed by atoms with van der Waals surface area (Å²) in [5.41, 5.74) is 0.760. The molecule has 1 aromatic heterocycles. The van der Waals surface area contributed by atoms with Crippen molar-refractivity contribution in [2.75, 3.05) is 19.5 Å². The van der Waals surface area contributed by atoms with Gasteiger partial charge in [0.15, 0.2) is 0 Å². The molecule has 7 heteroatoms. The second-order valence-corrected chi connectivity index (χ2v) is 4.79. The Kier molecular flexibility index (Phi) is 5.24. The van der Waals surface area contributed by atoms with Gasteiger partial charge in [0.2, 0.25) is 0 Å². The zero-order chi connectivity index (χ0) is 16.8. The molecule has 1 N–H and O–H groups in total. The van der Waals surface area contributed by atoms with Crippen molar-refractivity contribution >= 4 is 17.7 Å². The molecule has 2 amide bonds. The van der Waals surface area contributed by atoms with Gasteiger partial charge in [0.25, 0.3) is 0 Å². The molecule has 0 saturated carbocycles. The van der Waals surface area contributed by atoms with Gasteiger partial charge in [-0.1, -0.05) is 6.07 Å². The Morgan fingerprint density at radius 3 is 2.74 bits per heavy atom. The summed E-state index contributed by atoms with van der Waals surface area (Å²) in [4.78, 5) is 29.1. The molecule has 1 heterocycles. The maximum absolute atomic E-state index is 13.8. The van der Waals surface area contributed by atoms with E-state index in [1.807, 2.05) is 6.07 Å². The number of amides is 2. The number of carbonyl (C=O) groups is 2. The summed E-state index contributed by atoms with van der Waals surface area (Å²) < 4.78 is 18.4. The van der Waals surface area contributed by atoms with Crippen molar-refractivity contribution in [3.05, 3.63) is 59.7 Å². The molecule has 23 heavy (non-hydrogen) atoms. The van der Waals surface area contributed by atoms with Gasteiger partial charge < -0.3 is 15.0 Å². The Morgan fingerprint density at radius 1 is 1.30 bits per heavy atom. The molecule has 0 atom stereocenters. The van der Waals surface area contributed by atoms with Gasteiger partial charge in [-0.3, -0.25) is 4.98 Å². The van der Waals surface area contributed by atoms with Gasteiger partial charge in [0, 0.05) is 13.2 Å². The summed E-state index contributed by atoms with van der Waals surface area (Å²) >= 11 is 0. The minimum Gasteiger partial charge on any atom is -0.465 e. The fourth-order valence-electron chi connectivity index (χ4n) is 1.88. The fourth-order valence-corrected chi connectivity index (χ4v) is 1.88. The average Bonchev–Trinajstić information content (AvgIpc) is 2.56. The summed E-state index contributed by atoms with van der Waals surface area (Å²) in [6, 6.07) is 8.46. The number of anilines is 1. The van der Waals surface area contributed by atoms with E-state index in [9.17, 15) is 14.0 Å². The van der Waals surface area contributed by atoms with Crippen molar-refractivity contribution in [1.29, 1.82) is 0 Å². The molecule has 0 unspecified atom stereocenters. The summed E-state index contributed by atoms with van der Waals surface area (Å²) in [7, 11) is 2.79. The van der Waals surface area contributed by atoms with Crippen LogP contribution in [0.15, 0.2) is 42.6 Å². The van der Waals surface area contributed by atoms with Crippen molar-refractivity contribution in [3.8, 4) is 0 Å². The van der Waals surface area contributed by atoms with E-state index >= 15 is 0 Å². The van der Waals surface area contributed by atoms with Gasteiger partial charge in [0.1, 0.15) is 5.82 Å². The fraction of sp³-hybridized carbons (Fsp3) is 0.188. The topological polar surface area (TPSA) is 71.5 Å².